The Morgan fingerprint density at radius 2 is 2.07 bits per heavy atom. The van der Waals surface area contributed by atoms with E-state index in [1.54, 1.807) is 31.2 Å². The molecule has 0 fully saturated rings. The first-order valence-electron chi connectivity index (χ1n) is 4.29. The molecule has 1 amide bonds. The Labute approximate surface area is 82.3 Å². The van der Waals surface area contributed by atoms with Crippen LogP contribution in [0.5, 0.6) is 5.75 Å². The average molecular weight is 195 g/mol. The number of nitrogens with two attached hydrogens (primary N) is 1. The first-order valence-corrected chi connectivity index (χ1v) is 4.29. The van der Waals surface area contributed by atoms with Gasteiger partial charge in [0.1, 0.15) is 5.75 Å². The molecule has 4 nitrogen and oxygen atoms in total. The molecule has 0 aromatic heterocycles. The van der Waals surface area contributed by atoms with Crippen LogP contribution < -0.4 is 10.5 Å². The molecule has 1 aromatic carbocycles. The van der Waals surface area contributed by atoms with Crippen molar-refractivity contribution in [2.45, 2.75) is 19.6 Å². The second-order valence-electron chi connectivity index (χ2n) is 2.96. The van der Waals surface area contributed by atoms with Gasteiger partial charge in [-0.1, -0.05) is 12.1 Å². The minimum atomic E-state index is -0.644. The van der Waals surface area contributed by atoms with E-state index in [1.165, 1.54) is 0 Å². The number of hydrogen-bond donors (Lipinski definition) is 2. The highest BCUT2D eigenvalue weighted by Gasteiger charge is 2.09. The summed E-state index contributed by atoms with van der Waals surface area (Å²) in [5.41, 5.74) is 5.83. The molecule has 0 aliphatic heterocycles. The Bertz CT molecular complexity index is 308. The van der Waals surface area contributed by atoms with E-state index in [-0.39, 0.29) is 6.61 Å². The zero-order valence-corrected chi connectivity index (χ0v) is 7.93. The summed E-state index contributed by atoms with van der Waals surface area (Å²) in [6.07, 6.45) is -0.644. The van der Waals surface area contributed by atoms with Gasteiger partial charge >= 0.3 is 0 Å². The molecule has 14 heavy (non-hydrogen) atoms. The van der Waals surface area contributed by atoms with Crippen molar-refractivity contribution >= 4 is 5.91 Å². The van der Waals surface area contributed by atoms with Crippen molar-refractivity contribution in [2.24, 2.45) is 5.73 Å². The summed E-state index contributed by atoms with van der Waals surface area (Å²) in [4.78, 5) is 10.7. The molecule has 0 aliphatic carbocycles. The standard InChI is InChI=1S/C10H13NO3/c1-7(10(11)13)14-9-4-2-8(6-12)3-5-9/h2-5,7,12H,6H2,1H3,(H2,11,13). The van der Waals surface area contributed by atoms with Crippen LogP contribution in [0, 0.1) is 0 Å². The molecule has 3 N–H and O–H groups in total. The maximum atomic E-state index is 10.7. The smallest absolute Gasteiger partial charge is 0.258 e. The third-order valence-electron chi connectivity index (χ3n) is 1.82. The number of ether oxygens (including phenoxy) is 1. The molecular weight excluding hydrogens is 182 g/mol. The number of aliphatic hydroxyl groups is 1. The summed E-state index contributed by atoms with van der Waals surface area (Å²) in [7, 11) is 0. The lowest BCUT2D eigenvalue weighted by Gasteiger charge is -2.10. The van der Waals surface area contributed by atoms with Crippen molar-refractivity contribution in [3.05, 3.63) is 29.8 Å². The van der Waals surface area contributed by atoms with Crippen molar-refractivity contribution in [3.8, 4) is 5.75 Å². The van der Waals surface area contributed by atoms with Gasteiger partial charge in [-0.05, 0) is 24.6 Å². The largest absolute Gasteiger partial charge is 0.481 e. The van der Waals surface area contributed by atoms with Gasteiger partial charge in [-0.15, -0.1) is 0 Å². The fourth-order valence-corrected chi connectivity index (χ4v) is 0.936. The Morgan fingerprint density at radius 3 is 2.50 bits per heavy atom. The Kier molecular flexibility index (Phi) is 3.48. The highest BCUT2D eigenvalue weighted by atomic mass is 16.5. The van der Waals surface area contributed by atoms with Crippen LogP contribution in [0.25, 0.3) is 0 Å². The number of carbonyl (C=O) groups is 1. The van der Waals surface area contributed by atoms with Gasteiger partial charge in [-0.25, -0.2) is 0 Å². The van der Waals surface area contributed by atoms with Crippen molar-refractivity contribution in [3.63, 3.8) is 0 Å². The van der Waals surface area contributed by atoms with E-state index < -0.39 is 12.0 Å². The number of hydrogen-bond acceptors (Lipinski definition) is 3. The predicted molar refractivity (Wildman–Crippen MR) is 51.6 cm³/mol. The SMILES string of the molecule is CC(Oc1ccc(CO)cc1)C(N)=O. The number of amides is 1. The van der Waals surface area contributed by atoms with E-state index >= 15 is 0 Å². The Balaban J connectivity index is 2.64. The van der Waals surface area contributed by atoms with Gasteiger partial charge in [0.15, 0.2) is 6.10 Å². The fraction of sp³-hybridized carbons (Fsp3) is 0.300. The summed E-state index contributed by atoms with van der Waals surface area (Å²) in [6, 6.07) is 6.82. The number of aliphatic hydroxyl groups excluding tert-OH is 1. The number of benzene rings is 1. The number of primary amides is 1. The molecule has 0 radical (unpaired) electrons. The topological polar surface area (TPSA) is 72.6 Å². The zero-order chi connectivity index (χ0) is 10.6. The number of carbonyl (C=O) groups excluding carboxylic acids is 1. The van der Waals surface area contributed by atoms with Gasteiger partial charge in [0.2, 0.25) is 0 Å². The second-order valence-corrected chi connectivity index (χ2v) is 2.96. The third-order valence-corrected chi connectivity index (χ3v) is 1.82. The molecule has 76 valence electrons. The first kappa shape index (κ1) is 10.5. The maximum Gasteiger partial charge on any atom is 0.258 e. The van der Waals surface area contributed by atoms with Crippen LogP contribution in [-0.4, -0.2) is 17.1 Å². The molecular formula is C10H13NO3. The molecule has 0 saturated heterocycles. The highest BCUT2D eigenvalue weighted by molar-refractivity contribution is 5.78. The van der Waals surface area contributed by atoms with Crippen LogP contribution in [0.2, 0.25) is 0 Å². The van der Waals surface area contributed by atoms with E-state index in [4.69, 9.17) is 15.6 Å². The molecule has 1 atom stereocenters. The molecule has 4 heteroatoms. The van der Waals surface area contributed by atoms with Crippen molar-refractivity contribution in [2.75, 3.05) is 0 Å². The lowest BCUT2D eigenvalue weighted by atomic mass is 10.2. The highest BCUT2D eigenvalue weighted by Crippen LogP contribution is 2.13. The van der Waals surface area contributed by atoms with E-state index in [9.17, 15) is 4.79 Å². The van der Waals surface area contributed by atoms with Crippen LogP contribution in [0.4, 0.5) is 0 Å². The molecule has 0 heterocycles. The van der Waals surface area contributed by atoms with Gasteiger partial charge < -0.3 is 15.6 Å². The molecule has 1 unspecified atom stereocenters. The van der Waals surface area contributed by atoms with Crippen molar-refractivity contribution < 1.29 is 14.6 Å². The zero-order valence-electron chi connectivity index (χ0n) is 7.93. The molecule has 0 aliphatic rings. The summed E-state index contributed by atoms with van der Waals surface area (Å²) < 4.78 is 5.22. The van der Waals surface area contributed by atoms with E-state index in [0.717, 1.165) is 5.56 Å². The van der Waals surface area contributed by atoms with Gasteiger partial charge in [-0.2, -0.15) is 0 Å². The molecule has 0 bridgehead atoms. The summed E-state index contributed by atoms with van der Waals surface area (Å²) in [5, 5.41) is 8.78. The van der Waals surface area contributed by atoms with Crippen LogP contribution in [0.15, 0.2) is 24.3 Å². The quantitative estimate of drug-likeness (QED) is 0.731. The van der Waals surface area contributed by atoms with E-state index in [1.807, 2.05) is 0 Å². The summed E-state index contributed by atoms with van der Waals surface area (Å²) >= 11 is 0. The second kappa shape index (κ2) is 4.62. The van der Waals surface area contributed by atoms with Gasteiger partial charge in [0, 0.05) is 0 Å². The summed E-state index contributed by atoms with van der Waals surface area (Å²) in [5.74, 6) is 0.0599. The van der Waals surface area contributed by atoms with Crippen molar-refractivity contribution in [1.82, 2.24) is 0 Å². The number of rotatable bonds is 4. The lowest BCUT2D eigenvalue weighted by molar-refractivity contribution is -0.123. The van der Waals surface area contributed by atoms with Gasteiger partial charge in [0.05, 0.1) is 6.61 Å². The fourth-order valence-electron chi connectivity index (χ4n) is 0.936. The van der Waals surface area contributed by atoms with Gasteiger partial charge in [-0.3, -0.25) is 4.79 Å². The monoisotopic (exact) mass is 195 g/mol. The first-order chi connectivity index (χ1) is 6.63. The molecule has 0 spiro atoms. The molecule has 1 rings (SSSR count). The van der Waals surface area contributed by atoms with E-state index in [0.29, 0.717) is 5.75 Å². The maximum absolute atomic E-state index is 10.7. The summed E-state index contributed by atoms with van der Waals surface area (Å²) in [6.45, 7) is 1.58. The average Bonchev–Trinajstić information content (AvgIpc) is 2.19. The van der Waals surface area contributed by atoms with Crippen LogP contribution in [0.1, 0.15) is 12.5 Å². The molecule has 1 aromatic rings. The lowest BCUT2D eigenvalue weighted by Crippen LogP contribution is -2.30. The minimum absolute atomic E-state index is 0.00828. The van der Waals surface area contributed by atoms with Gasteiger partial charge in [0.25, 0.3) is 5.91 Å². The van der Waals surface area contributed by atoms with Crippen LogP contribution in [-0.2, 0) is 11.4 Å². The van der Waals surface area contributed by atoms with Crippen LogP contribution >= 0.6 is 0 Å². The Morgan fingerprint density at radius 1 is 1.50 bits per heavy atom. The predicted octanol–water partition coefficient (Wildman–Crippen LogP) is 0.432. The van der Waals surface area contributed by atoms with Crippen molar-refractivity contribution in [1.29, 1.82) is 0 Å². The van der Waals surface area contributed by atoms with Crippen LogP contribution in [0.3, 0.4) is 0 Å². The minimum Gasteiger partial charge on any atom is -0.481 e. The normalized spacial score (nSPS) is 12.1. The molecule has 0 saturated carbocycles. The third kappa shape index (κ3) is 2.74. The Hall–Kier alpha value is -1.55. The van der Waals surface area contributed by atoms with E-state index in [2.05, 4.69) is 0 Å².